The first kappa shape index (κ1) is 16.3. The summed E-state index contributed by atoms with van der Waals surface area (Å²) in [5.74, 6) is 1.67. The van der Waals surface area contributed by atoms with Crippen molar-refractivity contribution in [1.29, 1.82) is 0 Å². The van der Waals surface area contributed by atoms with Crippen molar-refractivity contribution in [3.8, 4) is 11.5 Å². The molecular formula is C17H15Cl2N5O. The number of benzene rings is 1. The summed E-state index contributed by atoms with van der Waals surface area (Å²) >= 11 is 12.6. The van der Waals surface area contributed by atoms with Gasteiger partial charge in [0, 0.05) is 15.6 Å². The number of nitrogen functional groups attached to an aromatic ring is 1. The van der Waals surface area contributed by atoms with E-state index in [4.69, 9.17) is 33.7 Å². The highest BCUT2D eigenvalue weighted by Crippen LogP contribution is 2.31. The Bertz CT molecular complexity index is 917. The van der Waals surface area contributed by atoms with Crippen LogP contribution < -0.4 is 5.73 Å². The molecule has 8 heteroatoms. The van der Waals surface area contributed by atoms with E-state index in [-0.39, 0.29) is 0 Å². The Balaban J connectivity index is 1.79. The van der Waals surface area contributed by atoms with Crippen LogP contribution >= 0.6 is 23.2 Å². The molecular weight excluding hydrogens is 361 g/mol. The summed E-state index contributed by atoms with van der Waals surface area (Å²) in [7, 11) is 0. The van der Waals surface area contributed by atoms with Crippen molar-refractivity contribution in [2.75, 3.05) is 18.9 Å². The van der Waals surface area contributed by atoms with E-state index in [0.717, 1.165) is 17.6 Å². The third-order valence-corrected chi connectivity index (χ3v) is 4.84. The molecule has 0 atom stereocenters. The third kappa shape index (κ3) is 3.08. The summed E-state index contributed by atoms with van der Waals surface area (Å²) in [6, 6.07) is 5.42. The maximum atomic E-state index is 6.29. The molecule has 0 unspecified atom stereocenters. The van der Waals surface area contributed by atoms with Gasteiger partial charge in [-0.3, -0.25) is 0 Å². The van der Waals surface area contributed by atoms with Crippen LogP contribution in [0.2, 0.25) is 10.0 Å². The molecule has 6 nitrogen and oxygen atoms in total. The molecule has 3 aliphatic rings. The van der Waals surface area contributed by atoms with Gasteiger partial charge in [0.25, 0.3) is 0 Å². The van der Waals surface area contributed by atoms with Crippen molar-refractivity contribution in [3.05, 3.63) is 52.0 Å². The predicted octanol–water partition coefficient (Wildman–Crippen LogP) is 3.52. The van der Waals surface area contributed by atoms with E-state index in [1.165, 1.54) is 0 Å². The van der Waals surface area contributed by atoms with Crippen LogP contribution in [-0.2, 0) is 11.3 Å². The average Bonchev–Trinajstić information content (AvgIpc) is 3.07. The van der Waals surface area contributed by atoms with Crippen LogP contribution in [0, 0.1) is 0 Å². The van der Waals surface area contributed by atoms with Gasteiger partial charge in [0.2, 0.25) is 0 Å². The molecule has 128 valence electrons. The van der Waals surface area contributed by atoms with Gasteiger partial charge in [-0.2, -0.15) is 0 Å². The topological polar surface area (TPSA) is 78.8 Å². The fraction of sp³-hybridized carbons (Fsp3) is 0.235. The van der Waals surface area contributed by atoms with Gasteiger partial charge in [0.15, 0.2) is 23.2 Å². The minimum atomic E-state index is 0.350. The van der Waals surface area contributed by atoms with Crippen molar-refractivity contribution in [3.63, 3.8) is 0 Å². The van der Waals surface area contributed by atoms with Crippen molar-refractivity contribution in [2.45, 2.75) is 13.0 Å². The zero-order valence-corrected chi connectivity index (χ0v) is 14.8. The van der Waals surface area contributed by atoms with Gasteiger partial charge >= 0.3 is 0 Å². The molecule has 0 spiro atoms. The molecule has 0 saturated carbocycles. The van der Waals surface area contributed by atoms with Crippen LogP contribution in [0.15, 0.2) is 30.6 Å². The number of ether oxygens (including phenoxy) is 1. The van der Waals surface area contributed by atoms with E-state index >= 15 is 0 Å². The van der Waals surface area contributed by atoms with Crippen molar-refractivity contribution >= 4 is 34.6 Å². The maximum absolute atomic E-state index is 6.29. The van der Waals surface area contributed by atoms with Gasteiger partial charge in [-0.15, -0.1) is 0 Å². The Kier molecular flexibility index (Phi) is 4.33. The molecule has 4 rings (SSSR count). The van der Waals surface area contributed by atoms with E-state index in [0.29, 0.717) is 53.0 Å². The highest BCUT2D eigenvalue weighted by molar-refractivity contribution is 6.35. The molecule has 3 heterocycles. The lowest BCUT2D eigenvalue weighted by atomic mass is 10.1. The lowest BCUT2D eigenvalue weighted by molar-refractivity contribution is 0.161. The van der Waals surface area contributed by atoms with Crippen molar-refractivity contribution in [1.82, 2.24) is 19.5 Å². The van der Waals surface area contributed by atoms with E-state index in [9.17, 15) is 0 Å². The minimum Gasteiger partial charge on any atom is -0.382 e. The number of nitrogens with zero attached hydrogens (tertiary/aromatic N) is 4. The van der Waals surface area contributed by atoms with Crippen LogP contribution in [0.5, 0.6) is 0 Å². The zero-order valence-electron chi connectivity index (χ0n) is 13.2. The standard InChI is InChI=1S/C17H15Cl2N5O/c18-12-2-1-3-13(19)11(12)8-24-9-21-15(20)14-17(24)23-16(22-14)10-4-6-25-7-5-10/h1-4,9H,5-8,20H2. The largest absolute Gasteiger partial charge is 0.382 e. The normalized spacial score (nSPS) is 14.7. The predicted molar refractivity (Wildman–Crippen MR) is 97.8 cm³/mol. The van der Waals surface area contributed by atoms with E-state index in [2.05, 4.69) is 15.0 Å². The molecule has 0 amide bonds. The van der Waals surface area contributed by atoms with Crippen LogP contribution in [0.25, 0.3) is 17.1 Å². The fourth-order valence-electron chi connectivity index (χ4n) is 2.80. The Hall–Kier alpha value is -2.15. The fourth-order valence-corrected chi connectivity index (χ4v) is 3.31. The smallest absolute Gasteiger partial charge is 0.166 e. The summed E-state index contributed by atoms with van der Waals surface area (Å²) in [4.78, 5) is 13.5. The summed E-state index contributed by atoms with van der Waals surface area (Å²) in [5, 5.41) is 1.19. The number of aromatic nitrogens is 4. The molecule has 1 aromatic rings. The van der Waals surface area contributed by atoms with Crippen LogP contribution in [0.4, 0.5) is 5.82 Å². The van der Waals surface area contributed by atoms with Gasteiger partial charge < -0.3 is 15.0 Å². The van der Waals surface area contributed by atoms with Gasteiger partial charge in [0.05, 0.1) is 26.1 Å². The first-order valence-corrected chi connectivity index (χ1v) is 8.57. The lowest BCUT2D eigenvalue weighted by Gasteiger charge is -2.13. The lowest BCUT2D eigenvalue weighted by Crippen LogP contribution is -2.09. The first-order valence-electron chi connectivity index (χ1n) is 7.82. The van der Waals surface area contributed by atoms with Crippen LogP contribution in [0.3, 0.4) is 0 Å². The molecule has 1 aromatic carbocycles. The van der Waals surface area contributed by atoms with Crippen LogP contribution in [0.1, 0.15) is 17.8 Å². The monoisotopic (exact) mass is 375 g/mol. The third-order valence-electron chi connectivity index (χ3n) is 4.13. The first-order chi connectivity index (χ1) is 12.1. The second-order valence-electron chi connectivity index (χ2n) is 5.73. The molecule has 0 radical (unpaired) electrons. The molecule has 0 saturated heterocycles. The molecule has 2 N–H and O–H groups in total. The van der Waals surface area contributed by atoms with E-state index in [1.54, 1.807) is 18.5 Å². The van der Waals surface area contributed by atoms with Crippen molar-refractivity contribution in [2.24, 2.45) is 0 Å². The zero-order chi connectivity index (χ0) is 17.4. The van der Waals surface area contributed by atoms with Crippen LogP contribution in [-0.4, -0.2) is 32.7 Å². The van der Waals surface area contributed by atoms with E-state index in [1.807, 2.05) is 16.7 Å². The molecule has 0 fully saturated rings. The Morgan fingerprint density at radius 2 is 2.00 bits per heavy atom. The molecule has 0 bridgehead atoms. The minimum absolute atomic E-state index is 0.350. The van der Waals surface area contributed by atoms with Gasteiger partial charge in [-0.25, -0.2) is 15.0 Å². The number of anilines is 1. The van der Waals surface area contributed by atoms with Gasteiger partial charge in [0.1, 0.15) is 0 Å². The average molecular weight is 376 g/mol. The van der Waals surface area contributed by atoms with E-state index < -0.39 is 0 Å². The molecule has 3 aliphatic heterocycles. The summed E-state index contributed by atoms with van der Waals surface area (Å²) in [6.45, 7) is 1.67. The van der Waals surface area contributed by atoms with Gasteiger partial charge in [-0.05, 0) is 24.1 Å². The Morgan fingerprint density at radius 1 is 1.20 bits per heavy atom. The number of imidazole rings is 1. The quantitative estimate of drug-likeness (QED) is 0.757. The second-order valence-corrected chi connectivity index (χ2v) is 6.55. The Morgan fingerprint density at radius 3 is 2.72 bits per heavy atom. The maximum Gasteiger partial charge on any atom is 0.166 e. The molecule has 25 heavy (non-hydrogen) atoms. The summed E-state index contributed by atoms with van der Waals surface area (Å²) < 4.78 is 7.20. The SMILES string of the molecule is Nc1ncn(Cc2c(Cl)cccc2Cl)c2nc(C3=CCOCC3)nc1-2. The second kappa shape index (κ2) is 6.63. The number of halogens is 2. The molecule has 0 aliphatic carbocycles. The highest BCUT2D eigenvalue weighted by Gasteiger charge is 2.22. The Labute approximate surface area is 154 Å². The number of rotatable bonds is 3. The molecule has 0 aromatic heterocycles. The number of hydrogen-bond acceptors (Lipinski definition) is 5. The summed E-state index contributed by atoms with van der Waals surface area (Å²) in [5.41, 5.74) is 8.44. The number of fused-ring (bicyclic) bond motifs is 1. The van der Waals surface area contributed by atoms with Gasteiger partial charge in [-0.1, -0.05) is 35.3 Å². The summed E-state index contributed by atoms with van der Waals surface area (Å²) in [6.07, 6.45) is 4.41. The number of hydrogen-bond donors (Lipinski definition) is 1. The van der Waals surface area contributed by atoms with Crippen molar-refractivity contribution < 1.29 is 4.74 Å². The number of nitrogens with two attached hydrogens (primary N) is 1. The highest BCUT2D eigenvalue weighted by atomic mass is 35.5.